The fraction of sp³-hybridized carbons (Fsp3) is 0.364. The number of oxime groups is 1. The second-order valence-electron chi connectivity index (χ2n) is 3.79. The minimum Gasteiger partial charge on any atom is -0.409 e. The molecule has 1 unspecified atom stereocenters. The van der Waals surface area contributed by atoms with Gasteiger partial charge in [0.1, 0.15) is 0 Å². The van der Waals surface area contributed by atoms with Crippen molar-refractivity contribution < 1.29 is 10.3 Å². The molecule has 0 spiro atoms. The third-order valence-corrected chi connectivity index (χ3v) is 2.88. The maximum Gasteiger partial charge on any atom is 0.172 e. The first-order valence-electron chi connectivity index (χ1n) is 5.12. The largest absolute Gasteiger partial charge is 0.409 e. The standard InChI is InChI=1S/C11H16ClN3O2/c1-7(6-16)15(2)10-5-8(12)3-4-9(10)11(13)14-17/h3-5,7,16-17H,6H2,1-2H3,(H2,13,14). The predicted octanol–water partition coefficient (Wildman–Crippen LogP) is 1.25. The van der Waals surface area contributed by atoms with Crippen LogP contribution in [0.1, 0.15) is 12.5 Å². The van der Waals surface area contributed by atoms with E-state index in [0.29, 0.717) is 16.3 Å². The molecule has 0 saturated carbocycles. The van der Waals surface area contributed by atoms with Crippen molar-refractivity contribution in [1.82, 2.24) is 0 Å². The number of hydrogen-bond donors (Lipinski definition) is 3. The van der Waals surface area contributed by atoms with E-state index < -0.39 is 0 Å². The molecule has 0 saturated heterocycles. The average molecular weight is 258 g/mol. The van der Waals surface area contributed by atoms with Gasteiger partial charge in [0.25, 0.3) is 0 Å². The summed E-state index contributed by atoms with van der Waals surface area (Å²) < 4.78 is 0. The van der Waals surface area contributed by atoms with Crippen molar-refractivity contribution in [2.45, 2.75) is 13.0 Å². The summed E-state index contributed by atoms with van der Waals surface area (Å²) in [5, 5.41) is 21.4. The summed E-state index contributed by atoms with van der Waals surface area (Å²) in [4.78, 5) is 1.82. The van der Waals surface area contributed by atoms with Gasteiger partial charge in [0.2, 0.25) is 0 Å². The van der Waals surface area contributed by atoms with Gasteiger partial charge in [0, 0.05) is 29.4 Å². The maximum absolute atomic E-state index is 9.14. The number of aliphatic hydroxyl groups excluding tert-OH is 1. The highest BCUT2D eigenvalue weighted by Gasteiger charge is 2.15. The van der Waals surface area contributed by atoms with Crippen molar-refractivity contribution >= 4 is 23.1 Å². The van der Waals surface area contributed by atoms with E-state index in [1.165, 1.54) is 0 Å². The second kappa shape index (κ2) is 5.75. The van der Waals surface area contributed by atoms with Crippen molar-refractivity contribution in [2.75, 3.05) is 18.6 Å². The van der Waals surface area contributed by atoms with Crippen LogP contribution in [0.15, 0.2) is 23.4 Å². The number of rotatable bonds is 4. The number of anilines is 1. The third-order valence-electron chi connectivity index (χ3n) is 2.65. The summed E-state index contributed by atoms with van der Waals surface area (Å²) in [7, 11) is 1.81. The van der Waals surface area contributed by atoms with Gasteiger partial charge in [-0.15, -0.1) is 0 Å². The summed E-state index contributed by atoms with van der Waals surface area (Å²) in [6.45, 7) is 1.86. The van der Waals surface area contributed by atoms with Crippen LogP contribution in [-0.2, 0) is 0 Å². The van der Waals surface area contributed by atoms with E-state index in [0.717, 1.165) is 0 Å². The van der Waals surface area contributed by atoms with E-state index in [9.17, 15) is 0 Å². The van der Waals surface area contributed by atoms with Gasteiger partial charge < -0.3 is 20.9 Å². The van der Waals surface area contributed by atoms with Gasteiger partial charge in [-0.25, -0.2) is 0 Å². The first kappa shape index (κ1) is 13.6. The molecule has 1 aromatic carbocycles. The fourth-order valence-electron chi connectivity index (χ4n) is 1.43. The molecule has 0 aliphatic rings. The lowest BCUT2D eigenvalue weighted by atomic mass is 10.1. The van der Waals surface area contributed by atoms with Crippen LogP contribution >= 0.6 is 11.6 Å². The Labute approximate surface area is 105 Å². The van der Waals surface area contributed by atoms with Crippen LogP contribution in [0.3, 0.4) is 0 Å². The molecule has 5 nitrogen and oxygen atoms in total. The van der Waals surface area contributed by atoms with E-state index in [1.807, 2.05) is 11.8 Å². The molecular weight excluding hydrogens is 242 g/mol. The lowest BCUT2D eigenvalue weighted by molar-refractivity contribution is 0.270. The number of halogens is 1. The lowest BCUT2D eigenvalue weighted by Gasteiger charge is -2.27. The van der Waals surface area contributed by atoms with Gasteiger partial charge in [-0.3, -0.25) is 0 Å². The SMILES string of the molecule is CC(CO)N(C)c1cc(Cl)ccc1/C(N)=N/O. The van der Waals surface area contributed by atoms with Crippen LogP contribution in [-0.4, -0.2) is 35.8 Å². The van der Waals surface area contributed by atoms with Crippen LogP contribution < -0.4 is 10.6 Å². The van der Waals surface area contributed by atoms with Gasteiger partial charge >= 0.3 is 0 Å². The van der Waals surface area contributed by atoms with Crippen LogP contribution in [0.25, 0.3) is 0 Å². The van der Waals surface area contributed by atoms with Crippen LogP contribution in [0.4, 0.5) is 5.69 Å². The number of amidine groups is 1. The molecule has 0 bridgehead atoms. The Morgan fingerprint density at radius 1 is 1.59 bits per heavy atom. The Kier molecular flexibility index (Phi) is 4.60. The quantitative estimate of drug-likeness (QED) is 0.328. The molecule has 0 heterocycles. The highest BCUT2D eigenvalue weighted by molar-refractivity contribution is 6.31. The third kappa shape index (κ3) is 3.01. The lowest BCUT2D eigenvalue weighted by Crippen LogP contribution is -2.33. The van der Waals surface area contributed by atoms with Gasteiger partial charge in [-0.1, -0.05) is 16.8 Å². The minimum atomic E-state index is -0.0984. The molecule has 0 aliphatic carbocycles. The summed E-state index contributed by atoms with van der Waals surface area (Å²) in [6.07, 6.45) is 0. The maximum atomic E-state index is 9.14. The number of nitrogens with two attached hydrogens (primary N) is 1. The minimum absolute atomic E-state index is 0.00136. The van der Waals surface area contributed by atoms with Gasteiger partial charge in [0.15, 0.2) is 5.84 Å². The fourth-order valence-corrected chi connectivity index (χ4v) is 1.59. The summed E-state index contributed by atoms with van der Waals surface area (Å²) in [5.74, 6) is 0.00802. The zero-order valence-electron chi connectivity index (χ0n) is 9.76. The Balaban J connectivity index is 3.24. The first-order chi connectivity index (χ1) is 8.01. The summed E-state index contributed by atoms with van der Waals surface area (Å²) >= 11 is 5.92. The molecular formula is C11H16ClN3O2. The highest BCUT2D eigenvalue weighted by atomic mass is 35.5. The van der Waals surface area contributed by atoms with Gasteiger partial charge in [-0.2, -0.15) is 0 Å². The normalized spacial score (nSPS) is 13.5. The summed E-state index contributed by atoms with van der Waals surface area (Å²) in [6, 6.07) is 4.95. The van der Waals surface area contributed by atoms with Gasteiger partial charge in [0.05, 0.1) is 6.61 Å². The van der Waals surface area contributed by atoms with Crippen molar-refractivity contribution in [3.63, 3.8) is 0 Å². The van der Waals surface area contributed by atoms with E-state index in [1.54, 1.807) is 25.2 Å². The molecule has 1 rings (SSSR count). The van der Waals surface area contributed by atoms with Crippen molar-refractivity contribution in [1.29, 1.82) is 0 Å². The number of benzene rings is 1. The Morgan fingerprint density at radius 2 is 2.24 bits per heavy atom. The molecule has 0 fully saturated rings. The molecule has 94 valence electrons. The number of likely N-dealkylation sites (N-methyl/N-ethyl adjacent to an activating group) is 1. The Bertz CT molecular complexity index is 423. The number of nitrogens with zero attached hydrogens (tertiary/aromatic N) is 2. The topological polar surface area (TPSA) is 82.1 Å². The van der Waals surface area contributed by atoms with Crippen molar-refractivity contribution in [3.8, 4) is 0 Å². The van der Waals surface area contributed by atoms with E-state index >= 15 is 0 Å². The van der Waals surface area contributed by atoms with Gasteiger partial charge in [-0.05, 0) is 25.1 Å². The van der Waals surface area contributed by atoms with E-state index in [4.69, 9.17) is 27.6 Å². The average Bonchev–Trinajstić information content (AvgIpc) is 2.35. The number of aliphatic hydroxyl groups is 1. The van der Waals surface area contributed by atoms with E-state index in [-0.39, 0.29) is 18.5 Å². The highest BCUT2D eigenvalue weighted by Crippen LogP contribution is 2.25. The molecule has 6 heteroatoms. The monoisotopic (exact) mass is 257 g/mol. The smallest absolute Gasteiger partial charge is 0.172 e. The molecule has 1 atom stereocenters. The Hall–Kier alpha value is -1.46. The molecule has 0 amide bonds. The molecule has 0 radical (unpaired) electrons. The van der Waals surface area contributed by atoms with Crippen molar-refractivity contribution in [3.05, 3.63) is 28.8 Å². The zero-order chi connectivity index (χ0) is 13.0. The van der Waals surface area contributed by atoms with Crippen LogP contribution in [0.2, 0.25) is 5.02 Å². The predicted molar refractivity (Wildman–Crippen MR) is 68.9 cm³/mol. The summed E-state index contributed by atoms with van der Waals surface area (Å²) in [5.41, 5.74) is 6.86. The second-order valence-corrected chi connectivity index (χ2v) is 4.23. The zero-order valence-corrected chi connectivity index (χ0v) is 10.5. The molecule has 17 heavy (non-hydrogen) atoms. The van der Waals surface area contributed by atoms with Crippen molar-refractivity contribution in [2.24, 2.45) is 10.9 Å². The van der Waals surface area contributed by atoms with Crippen LogP contribution in [0, 0.1) is 0 Å². The molecule has 0 aliphatic heterocycles. The van der Waals surface area contributed by atoms with Crippen LogP contribution in [0.5, 0.6) is 0 Å². The van der Waals surface area contributed by atoms with E-state index in [2.05, 4.69) is 5.16 Å². The number of hydrogen-bond acceptors (Lipinski definition) is 4. The Morgan fingerprint density at radius 3 is 2.76 bits per heavy atom. The molecule has 0 aromatic heterocycles. The first-order valence-corrected chi connectivity index (χ1v) is 5.50. The molecule has 4 N–H and O–H groups in total. The molecule has 1 aromatic rings.